The fraction of sp³-hybridized carbons (Fsp3) is 0.450. The second kappa shape index (κ2) is 5.64. The number of benzene rings is 2. The third-order valence-corrected chi connectivity index (χ3v) is 5.96. The quantitative estimate of drug-likeness (QED) is 0.794. The molecular weight excluding hydrogens is 286 g/mol. The first-order chi connectivity index (χ1) is 11.2. The third kappa shape index (κ3) is 2.26. The summed E-state index contributed by atoms with van der Waals surface area (Å²) in [5.41, 5.74) is 1.31. The van der Waals surface area contributed by atoms with Gasteiger partial charge in [0.2, 0.25) is 0 Å². The molecule has 2 aliphatic heterocycles. The molecule has 120 valence electrons. The number of fused-ring (bicyclic) bond motifs is 3. The summed E-state index contributed by atoms with van der Waals surface area (Å²) in [6, 6.07) is 15.9. The minimum absolute atomic E-state index is 0.0554. The van der Waals surface area contributed by atoms with Gasteiger partial charge in [-0.1, -0.05) is 42.5 Å². The van der Waals surface area contributed by atoms with Crippen LogP contribution in [0.1, 0.15) is 30.7 Å². The van der Waals surface area contributed by atoms with Crippen molar-refractivity contribution >= 4 is 16.7 Å². The summed E-state index contributed by atoms with van der Waals surface area (Å²) >= 11 is 0. The number of carbonyl (C=O) groups is 1. The number of rotatable bonds is 2. The minimum Gasteiger partial charge on any atom is -0.469 e. The van der Waals surface area contributed by atoms with Crippen molar-refractivity contribution in [1.82, 2.24) is 4.90 Å². The fourth-order valence-corrected chi connectivity index (χ4v) is 4.82. The molecular formula is C20H23NO2. The number of nitrogens with zero attached hydrogens (tertiary/aromatic N) is 1. The molecule has 0 amide bonds. The maximum absolute atomic E-state index is 12.6. The van der Waals surface area contributed by atoms with Crippen LogP contribution in [0.2, 0.25) is 0 Å². The van der Waals surface area contributed by atoms with E-state index in [4.69, 9.17) is 4.74 Å². The summed E-state index contributed by atoms with van der Waals surface area (Å²) in [6.07, 6.45) is 3.33. The zero-order chi connectivity index (χ0) is 16.0. The van der Waals surface area contributed by atoms with Crippen LogP contribution in [0.3, 0.4) is 0 Å². The summed E-state index contributed by atoms with van der Waals surface area (Å²) in [5.74, 6) is 0.136. The highest BCUT2D eigenvalue weighted by atomic mass is 16.5. The smallest absolute Gasteiger partial charge is 0.310 e. The average Bonchev–Trinajstić information content (AvgIpc) is 2.83. The molecule has 0 saturated carbocycles. The SMILES string of the molecule is COC(=O)[C@@H]1[C@H](c2cccc3ccccc23)C[C@H]2CC[C@@H]1N2C. The Balaban J connectivity index is 1.83. The van der Waals surface area contributed by atoms with Crippen LogP contribution in [-0.2, 0) is 9.53 Å². The van der Waals surface area contributed by atoms with E-state index in [2.05, 4.69) is 54.4 Å². The number of methoxy groups -OCH3 is 1. The molecule has 0 aromatic heterocycles. The zero-order valence-corrected chi connectivity index (χ0v) is 13.7. The summed E-state index contributed by atoms with van der Waals surface area (Å²) in [4.78, 5) is 15.0. The van der Waals surface area contributed by atoms with Crippen LogP contribution in [-0.4, -0.2) is 37.1 Å². The first-order valence-corrected chi connectivity index (χ1v) is 8.48. The molecule has 2 fully saturated rings. The number of carbonyl (C=O) groups excluding carboxylic acids is 1. The molecule has 3 heteroatoms. The van der Waals surface area contributed by atoms with Crippen molar-refractivity contribution in [2.75, 3.05) is 14.2 Å². The van der Waals surface area contributed by atoms with Gasteiger partial charge in [0.05, 0.1) is 13.0 Å². The topological polar surface area (TPSA) is 29.5 Å². The highest BCUT2D eigenvalue weighted by Gasteiger charge is 2.49. The molecule has 2 aromatic rings. The van der Waals surface area contributed by atoms with E-state index in [1.165, 1.54) is 29.9 Å². The molecule has 2 aromatic carbocycles. The molecule has 0 N–H and O–H groups in total. The predicted octanol–water partition coefficient (Wildman–Crippen LogP) is 3.58. The highest BCUT2D eigenvalue weighted by molar-refractivity contribution is 5.87. The van der Waals surface area contributed by atoms with Crippen molar-refractivity contribution in [1.29, 1.82) is 0 Å². The van der Waals surface area contributed by atoms with Gasteiger partial charge in [-0.3, -0.25) is 9.69 Å². The Morgan fingerprint density at radius 2 is 1.91 bits per heavy atom. The van der Waals surface area contributed by atoms with Crippen LogP contribution < -0.4 is 0 Å². The van der Waals surface area contributed by atoms with E-state index in [-0.39, 0.29) is 17.8 Å². The third-order valence-electron chi connectivity index (χ3n) is 5.96. The monoisotopic (exact) mass is 309 g/mol. The van der Waals surface area contributed by atoms with Crippen LogP contribution >= 0.6 is 0 Å². The molecule has 0 spiro atoms. The van der Waals surface area contributed by atoms with Gasteiger partial charge in [-0.25, -0.2) is 0 Å². The summed E-state index contributed by atoms with van der Waals surface area (Å²) in [5, 5.41) is 2.53. The molecule has 2 aliphatic rings. The van der Waals surface area contributed by atoms with E-state index in [0.29, 0.717) is 12.1 Å². The van der Waals surface area contributed by atoms with Gasteiger partial charge in [0.15, 0.2) is 0 Å². The molecule has 4 atom stereocenters. The second-order valence-corrected chi connectivity index (χ2v) is 6.92. The molecule has 0 aliphatic carbocycles. The van der Waals surface area contributed by atoms with Gasteiger partial charge in [0.1, 0.15) is 0 Å². The molecule has 0 unspecified atom stereocenters. The Morgan fingerprint density at radius 3 is 2.74 bits per heavy atom. The van der Waals surface area contributed by atoms with Gasteiger partial charge in [-0.15, -0.1) is 0 Å². The lowest BCUT2D eigenvalue weighted by Gasteiger charge is -2.42. The molecule has 2 heterocycles. The van der Waals surface area contributed by atoms with E-state index >= 15 is 0 Å². The van der Waals surface area contributed by atoms with Gasteiger partial charge in [-0.2, -0.15) is 0 Å². The second-order valence-electron chi connectivity index (χ2n) is 6.92. The summed E-state index contributed by atoms with van der Waals surface area (Å²) < 4.78 is 5.19. The number of ether oxygens (including phenoxy) is 1. The molecule has 3 nitrogen and oxygen atoms in total. The van der Waals surface area contributed by atoms with E-state index in [0.717, 1.165) is 12.8 Å². The van der Waals surface area contributed by atoms with Crippen LogP contribution in [0, 0.1) is 5.92 Å². The number of esters is 1. The largest absolute Gasteiger partial charge is 0.469 e. The molecule has 4 rings (SSSR count). The summed E-state index contributed by atoms with van der Waals surface area (Å²) in [7, 11) is 3.68. The molecule has 0 radical (unpaired) electrons. The average molecular weight is 309 g/mol. The van der Waals surface area contributed by atoms with Crippen molar-refractivity contribution in [3.8, 4) is 0 Å². The van der Waals surface area contributed by atoms with Crippen LogP contribution in [0.15, 0.2) is 42.5 Å². The summed E-state index contributed by atoms with van der Waals surface area (Å²) in [6.45, 7) is 0. The number of hydrogen-bond acceptors (Lipinski definition) is 3. The number of piperidine rings is 1. The Bertz CT molecular complexity index is 736. The van der Waals surface area contributed by atoms with Gasteiger partial charge in [0, 0.05) is 18.0 Å². The van der Waals surface area contributed by atoms with Crippen LogP contribution in [0.5, 0.6) is 0 Å². The van der Waals surface area contributed by atoms with Crippen molar-refractivity contribution in [3.63, 3.8) is 0 Å². The Labute approximate surface area is 137 Å². The Kier molecular flexibility index (Phi) is 3.61. The Hall–Kier alpha value is -1.87. The van der Waals surface area contributed by atoms with E-state index < -0.39 is 0 Å². The normalized spacial score (nSPS) is 30.5. The first kappa shape index (κ1) is 14.7. The van der Waals surface area contributed by atoms with E-state index in [1.807, 2.05) is 0 Å². The maximum atomic E-state index is 12.6. The molecule has 2 bridgehead atoms. The van der Waals surface area contributed by atoms with Gasteiger partial charge in [0.25, 0.3) is 0 Å². The lowest BCUT2D eigenvalue weighted by Crippen LogP contribution is -2.49. The first-order valence-electron chi connectivity index (χ1n) is 8.48. The number of hydrogen-bond donors (Lipinski definition) is 0. The van der Waals surface area contributed by atoms with Crippen molar-refractivity contribution in [2.45, 2.75) is 37.3 Å². The standard InChI is InChI=1S/C20H23NO2/c1-21-14-10-11-18(21)19(20(22)23-2)17(12-14)16-9-5-7-13-6-3-4-8-15(13)16/h3-9,14,17-19H,10-12H2,1-2H3/t14-,17+,18+,19-/m1/s1. The molecule has 23 heavy (non-hydrogen) atoms. The highest BCUT2D eigenvalue weighted by Crippen LogP contribution is 2.47. The van der Waals surface area contributed by atoms with Crippen LogP contribution in [0.4, 0.5) is 0 Å². The lowest BCUT2D eigenvalue weighted by molar-refractivity contribution is -0.150. The lowest BCUT2D eigenvalue weighted by atomic mass is 9.75. The maximum Gasteiger partial charge on any atom is 0.310 e. The van der Waals surface area contributed by atoms with Gasteiger partial charge in [-0.05, 0) is 42.6 Å². The van der Waals surface area contributed by atoms with Gasteiger partial charge < -0.3 is 4.74 Å². The van der Waals surface area contributed by atoms with Crippen LogP contribution in [0.25, 0.3) is 10.8 Å². The zero-order valence-electron chi connectivity index (χ0n) is 13.7. The molecule has 2 saturated heterocycles. The van der Waals surface area contributed by atoms with Crippen molar-refractivity contribution < 1.29 is 9.53 Å². The van der Waals surface area contributed by atoms with Gasteiger partial charge >= 0.3 is 5.97 Å². The predicted molar refractivity (Wildman–Crippen MR) is 91.4 cm³/mol. The van der Waals surface area contributed by atoms with E-state index in [9.17, 15) is 4.79 Å². The van der Waals surface area contributed by atoms with E-state index in [1.54, 1.807) is 0 Å². The Morgan fingerprint density at radius 1 is 1.13 bits per heavy atom. The minimum atomic E-state index is -0.0606. The fourth-order valence-electron chi connectivity index (χ4n) is 4.82. The van der Waals surface area contributed by atoms with Crippen molar-refractivity contribution in [2.24, 2.45) is 5.92 Å². The van der Waals surface area contributed by atoms with Crippen molar-refractivity contribution in [3.05, 3.63) is 48.0 Å².